The molecule has 9 nitrogen and oxygen atoms in total. The molecule has 1 N–H and O–H groups in total. The van der Waals surface area contributed by atoms with Gasteiger partial charge in [-0.1, -0.05) is 41.9 Å². The number of hydrogen-bond acceptors (Lipinski definition) is 7. The molecule has 2 aromatic carbocycles. The third kappa shape index (κ3) is 8.88. The number of rotatable bonds is 14. The van der Waals surface area contributed by atoms with Gasteiger partial charge in [-0.25, -0.2) is 18.4 Å². The highest BCUT2D eigenvalue weighted by Crippen LogP contribution is 2.47. The highest BCUT2D eigenvalue weighted by atomic mass is 35.5. The Balaban J connectivity index is 2.03. The number of urea groups is 1. The second kappa shape index (κ2) is 15.0. The second-order valence-electron chi connectivity index (χ2n) is 12.4. The molecule has 0 radical (unpaired) electrons. The number of amides is 2. The maximum Gasteiger partial charge on any atom is 0.332 e. The first kappa shape index (κ1) is 37.0. The summed E-state index contributed by atoms with van der Waals surface area (Å²) in [5, 5.41) is 2.67. The van der Waals surface area contributed by atoms with Gasteiger partial charge in [0.1, 0.15) is 16.9 Å². The number of benzene rings is 2. The summed E-state index contributed by atoms with van der Waals surface area (Å²) in [5.74, 6) is -4.08. The zero-order chi connectivity index (χ0) is 34.4. The number of ether oxygens (including phenoxy) is 4. The van der Waals surface area contributed by atoms with Crippen molar-refractivity contribution in [3.63, 3.8) is 0 Å². The Morgan fingerprint density at radius 2 is 1.65 bits per heavy atom. The minimum atomic E-state index is -3.15. The largest absolute Gasteiger partial charge is 0.493 e. The minimum Gasteiger partial charge on any atom is -0.493 e. The molecule has 2 amide bonds. The lowest BCUT2D eigenvalue weighted by atomic mass is 9.73. The normalized spacial score (nSPS) is 16.4. The number of nitrogens with one attached hydrogen (secondary N) is 1. The quantitative estimate of drug-likeness (QED) is 0.163. The molecule has 0 aromatic heterocycles. The topological polar surface area (TPSA) is 103 Å². The molecule has 46 heavy (non-hydrogen) atoms. The van der Waals surface area contributed by atoms with Crippen LogP contribution in [0.3, 0.4) is 0 Å². The van der Waals surface area contributed by atoms with Gasteiger partial charge in [-0.3, -0.25) is 4.79 Å². The van der Waals surface area contributed by atoms with Crippen molar-refractivity contribution >= 4 is 29.4 Å². The number of nitrogens with zero attached hydrogens (tertiary/aromatic N) is 1. The zero-order valence-electron chi connectivity index (χ0n) is 27.8. The summed E-state index contributed by atoms with van der Waals surface area (Å²) >= 11 is 6.85. The van der Waals surface area contributed by atoms with Crippen molar-refractivity contribution < 1.29 is 42.1 Å². The van der Waals surface area contributed by atoms with Crippen molar-refractivity contribution in [3.8, 4) is 11.5 Å². The Bertz CT molecular complexity index is 1390. The molecule has 0 aliphatic heterocycles. The number of carbonyl (C=O) groups is 3. The first-order valence-electron chi connectivity index (χ1n) is 15.4. The highest BCUT2D eigenvalue weighted by Gasteiger charge is 2.63. The van der Waals surface area contributed by atoms with Crippen LogP contribution in [0.2, 0.25) is 5.02 Å². The summed E-state index contributed by atoms with van der Waals surface area (Å²) in [5.41, 5.74) is -1.42. The summed E-state index contributed by atoms with van der Waals surface area (Å²) in [7, 11) is 0. The zero-order valence-corrected chi connectivity index (χ0v) is 28.6. The van der Waals surface area contributed by atoms with Gasteiger partial charge in [0, 0.05) is 24.9 Å². The maximum atomic E-state index is 14.3. The van der Waals surface area contributed by atoms with Gasteiger partial charge in [0.2, 0.25) is 0 Å². The van der Waals surface area contributed by atoms with Crippen LogP contribution in [0.1, 0.15) is 102 Å². The molecule has 1 aliphatic rings. The van der Waals surface area contributed by atoms with Crippen LogP contribution < -0.4 is 14.8 Å². The summed E-state index contributed by atoms with van der Waals surface area (Å²) in [6, 6.07) is 9.46. The number of Topliss-reactive ketones (excluding diaryl/α,β-unsaturated/α-hetero) is 1. The average molecular weight is 667 g/mol. The van der Waals surface area contributed by atoms with Crippen molar-refractivity contribution in [2.75, 3.05) is 26.4 Å². The summed E-state index contributed by atoms with van der Waals surface area (Å²) < 4.78 is 51.7. The standard InChI is InChI=1S/C34H45ClF2N2O7/c1-9-43-26-18-25(28(35)29(44-10-2)27(26)22(4)40)21(3)39(16-17-45-23(5)24-14-12-11-13-15-24)31(42)38-33(19-34(36,37)20-33)30(41)46-32(6,7)8/h11-15,18,21,23H,9-10,16-17,19-20H2,1-8H3,(H,38,42)/t21-,23+/m1/s1. The van der Waals surface area contributed by atoms with Crippen LogP contribution in [0.4, 0.5) is 13.6 Å². The number of alkyl halides is 2. The van der Waals surface area contributed by atoms with E-state index < -0.39 is 47.9 Å². The van der Waals surface area contributed by atoms with Crippen molar-refractivity contribution in [1.29, 1.82) is 0 Å². The number of ketones is 1. The smallest absolute Gasteiger partial charge is 0.332 e. The molecule has 2 aromatic rings. The fourth-order valence-corrected chi connectivity index (χ4v) is 5.73. The third-order valence-corrected chi connectivity index (χ3v) is 7.95. The van der Waals surface area contributed by atoms with E-state index in [2.05, 4.69) is 5.32 Å². The lowest BCUT2D eigenvalue weighted by Crippen LogP contribution is -2.69. The molecule has 0 bridgehead atoms. The van der Waals surface area contributed by atoms with Crippen LogP contribution >= 0.6 is 11.6 Å². The molecule has 3 rings (SSSR count). The van der Waals surface area contributed by atoms with E-state index in [1.807, 2.05) is 37.3 Å². The van der Waals surface area contributed by atoms with E-state index in [1.165, 1.54) is 11.8 Å². The van der Waals surface area contributed by atoms with E-state index in [-0.39, 0.29) is 60.3 Å². The molecule has 1 aliphatic carbocycles. The predicted octanol–water partition coefficient (Wildman–Crippen LogP) is 7.70. The van der Waals surface area contributed by atoms with Gasteiger partial charge in [-0.05, 0) is 67.0 Å². The molecular formula is C34H45ClF2N2O7. The van der Waals surface area contributed by atoms with Gasteiger partial charge in [0.25, 0.3) is 5.92 Å². The van der Waals surface area contributed by atoms with E-state index in [9.17, 15) is 23.2 Å². The van der Waals surface area contributed by atoms with Gasteiger partial charge in [0.05, 0.1) is 37.0 Å². The molecule has 0 spiro atoms. The van der Waals surface area contributed by atoms with Crippen LogP contribution in [0.15, 0.2) is 36.4 Å². The van der Waals surface area contributed by atoms with E-state index in [0.717, 1.165) is 5.56 Å². The predicted molar refractivity (Wildman–Crippen MR) is 171 cm³/mol. The lowest BCUT2D eigenvalue weighted by Gasteiger charge is -2.47. The Hall–Kier alpha value is -3.44. The van der Waals surface area contributed by atoms with Gasteiger partial charge < -0.3 is 29.2 Å². The van der Waals surface area contributed by atoms with Crippen LogP contribution in [0, 0.1) is 0 Å². The Morgan fingerprint density at radius 3 is 2.17 bits per heavy atom. The van der Waals surface area contributed by atoms with Crippen LogP contribution in [-0.2, 0) is 14.3 Å². The van der Waals surface area contributed by atoms with Crippen molar-refractivity contribution in [1.82, 2.24) is 10.2 Å². The molecule has 12 heteroatoms. The Kier molecular flexibility index (Phi) is 12.1. The SMILES string of the molecule is CCOc1cc([C@@H](C)N(CCO[C@@H](C)c2ccccc2)C(=O)NC2(C(=O)OC(C)(C)C)CC(F)(F)C2)c(Cl)c(OCC)c1C(C)=O. The third-order valence-electron chi connectivity index (χ3n) is 7.56. The molecule has 0 saturated heterocycles. The van der Waals surface area contributed by atoms with Gasteiger partial charge in [-0.2, -0.15) is 0 Å². The minimum absolute atomic E-state index is 0.0102. The Morgan fingerprint density at radius 1 is 1.04 bits per heavy atom. The van der Waals surface area contributed by atoms with Gasteiger partial charge in [-0.15, -0.1) is 0 Å². The molecule has 254 valence electrons. The van der Waals surface area contributed by atoms with Gasteiger partial charge >= 0.3 is 12.0 Å². The van der Waals surface area contributed by atoms with Gasteiger partial charge in [0.15, 0.2) is 17.1 Å². The molecule has 1 saturated carbocycles. The maximum absolute atomic E-state index is 14.3. The van der Waals surface area contributed by atoms with Crippen molar-refractivity contribution in [3.05, 3.63) is 58.1 Å². The Labute approximate surface area is 274 Å². The summed E-state index contributed by atoms with van der Waals surface area (Å²) in [6.07, 6.45) is -2.12. The molecule has 2 atom stereocenters. The number of carbonyl (C=O) groups excluding carboxylic acids is 3. The van der Waals surface area contributed by atoms with Crippen LogP contribution in [0.5, 0.6) is 11.5 Å². The number of hydrogen-bond donors (Lipinski definition) is 1. The first-order chi connectivity index (χ1) is 21.4. The second-order valence-corrected chi connectivity index (χ2v) is 12.8. The monoisotopic (exact) mass is 666 g/mol. The molecule has 1 fully saturated rings. The highest BCUT2D eigenvalue weighted by molar-refractivity contribution is 6.33. The van der Waals surface area contributed by atoms with E-state index in [4.69, 9.17) is 30.5 Å². The summed E-state index contributed by atoms with van der Waals surface area (Å²) in [4.78, 5) is 41.2. The fourth-order valence-electron chi connectivity index (χ4n) is 5.37. The van der Waals surface area contributed by atoms with E-state index >= 15 is 0 Å². The van der Waals surface area contributed by atoms with Crippen LogP contribution in [0.25, 0.3) is 0 Å². The molecule has 0 heterocycles. The number of halogens is 3. The molecule has 0 unspecified atom stereocenters. The number of esters is 1. The lowest BCUT2D eigenvalue weighted by molar-refractivity contribution is -0.190. The van der Waals surface area contributed by atoms with E-state index in [0.29, 0.717) is 5.56 Å². The van der Waals surface area contributed by atoms with Crippen molar-refractivity contribution in [2.24, 2.45) is 0 Å². The average Bonchev–Trinajstić information content (AvgIpc) is 2.94. The van der Waals surface area contributed by atoms with E-state index in [1.54, 1.807) is 47.6 Å². The van der Waals surface area contributed by atoms with Crippen LogP contribution in [-0.4, -0.2) is 66.1 Å². The first-order valence-corrected chi connectivity index (χ1v) is 15.8. The van der Waals surface area contributed by atoms with Crippen molar-refractivity contribution in [2.45, 2.75) is 97.4 Å². The molecular weight excluding hydrogens is 622 g/mol. The summed E-state index contributed by atoms with van der Waals surface area (Å²) in [6.45, 7) is 13.8. The fraction of sp³-hybridized carbons (Fsp3) is 0.559.